The quantitative estimate of drug-likeness (QED) is 0.884. The SMILES string of the molecule is CNC(c1cc(F)ccc1F)C(C)(C)c1ccc(F)cc1. The van der Waals surface area contributed by atoms with Gasteiger partial charge in [-0.05, 0) is 42.9 Å². The van der Waals surface area contributed by atoms with Gasteiger partial charge in [-0.1, -0.05) is 26.0 Å². The summed E-state index contributed by atoms with van der Waals surface area (Å²) in [6.45, 7) is 3.82. The Bertz CT molecular complexity index is 620. The summed E-state index contributed by atoms with van der Waals surface area (Å²) in [6.07, 6.45) is 0. The first kappa shape index (κ1) is 15.6. The van der Waals surface area contributed by atoms with Crippen LogP contribution in [-0.4, -0.2) is 7.05 Å². The molecule has 112 valence electrons. The summed E-state index contributed by atoms with van der Waals surface area (Å²) in [4.78, 5) is 0. The molecule has 0 radical (unpaired) electrons. The summed E-state index contributed by atoms with van der Waals surface area (Å²) in [7, 11) is 1.69. The lowest BCUT2D eigenvalue weighted by molar-refractivity contribution is 0.355. The summed E-state index contributed by atoms with van der Waals surface area (Å²) in [5, 5.41) is 3.04. The predicted molar refractivity (Wildman–Crippen MR) is 77.6 cm³/mol. The van der Waals surface area contributed by atoms with E-state index >= 15 is 0 Å². The van der Waals surface area contributed by atoms with Crippen LogP contribution in [0.3, 0.4) is 0 Å². The van der Waals surface area contributed by atoms with E-state index in [-0.39, 0.29) is 11.4 Å². The lowest BCUT2D eigenvalue weighted by Gasteiger charge is -2.35. The van der Waals surface area contributed by atoms with E-state index in [0.717, 1.165) is 17.7 Å². The fraction of sp³-hybridized carbons (Fsp3) is 0.294. The maximum Gasteiger partial charge on any atom is 0.128 e. The first-order chi connectivity index (χ1) is 9.86. The zero-order chi connectivity index (χ0) is 15.6. The van der Waals surface area contributed by atoms with Crippen LogP contribution < -0.4 is 5.32 Å². The molecule has 0 fully saturated rings. The Kier molecular flexibility index (Phi) is 4.37. The van der Waals surface area contributed by atoms with Gasteiger partial charge in [0.25, 0.3) is 0 Å². The van der Waals surface area contributed by atoms with Gasteiger partial charge in [0.2, 0.25) is 0 Å². The Balaban J connectivity index is 2.48. The average molecular weight is 293 g/mol. The molecule has 0 aliphatic carbocycles. The van der Waals surface area contributed by atoms with Gasteiger partial charge in [-0.2, -0.15) is 0 Å². The second kappa shape index (κ2) is 5.90. The molecule has 4 heteroatoms. The molecule has 0 aliphatic heterocycles. The fourth-order valence-corrected chi connectivity index (χ4v) is 2.69. The molecule has 1 unspecified atom stereocenters. The normalized spacial score (nSPS) is 13.2. The topological polar surface area (TPSA) is 12.0 Å². The summed E-state index contributed by atoms with van der Waals surface area (Å²) in [6, 6.07) is 9.03. The average Bonchev–Trinajstić information content (AvgIpc) is 2.43. The van der Waals surface area contributed by atoms with Crippen LogP contribution in [0.25, 0.3) is 0 Å². The van der Waals surface area contributed by atoms with Crippen molar-refractivity contribution in [2.75, 3.05) is 7.05 Å². The molecular formula is C17H18F3N. The van der Waals surface area contributed by atoms with E-state index in [1.807, 2.05) is 13.8 Å². The van der Waals surface area contributed by atoms with E-state index in [2.05, 4.69) is 5.32 Å². The predicted octanol–water partition coefficient (Wildman–Crippen LogP) is 4.34. The molecule has 0 aliphatic rings. The summed E-state index contributed by atoms with van der Waals surface area (Å²) >= 11 is 0. The first-order valence-corrected chi connectivity index (χ1v) is 6.74. The van der Waals surface area contributed by atoms with Gasteiger partial charge in [0.1, 0.15) is 17.5 Å². The lowest BCUT2D eigenvalue weighted by Crippen LogP contribution is -2.36. The van der Waals surface area contributed by atoms with E-state index in [9.17, 15) is 13.2 Å². The van der Waals surface area contributed by atoms with Crippen molar-refractivity contribution in [1.29, 1.82) is 0 Å². The molecule has 0 aromatic heterocycles. The maximum atomic E-state index is 14.1. The molecule has 0 amide bonds. The van der Waals surface area contributed by atoms with E-state index in [4.69, 9.17) is 0 Å². The summed E-state index contributed by atoms with van der Waals surface area (Å²) < 4.78 is 40.6. The highest BCUT2D eigenvalue weighted by Crippen LogP contribution is 2.37. The number of halogens is 3. The second-order valence-corrected chi connectivity index (χ2v) is 5.62. The minimum absolute atomic E-state index is 0.256. The molecule has 2 aromatic carbocycles. The Labute approximate surface area is 122 Å². The van der Waals surface area contributed by atoms with E-state index < -0.39 is 23.1 Å². The molecule has 0 bridgehead atoms. The van der Waals surface area contributed by atoms with Crippen LogP contribution in [-0.2, 0) is 5.41 Å². The molecule has 2 aromatic rings. The zero-order valence-electron chi connectivity index (χ0n) is 12.3. The third-order valence-corrected chi connectivity index (χ3v) is 3.87. The minimum atomic E-state index is -0.545. The molecule has 2 rings (SSSR count). The van der Waals surface area contributed by atoms with Crippen molar-refractivity contribution in [1.82, 2.24) is 5.32 Å². The highest BCUT2D eigenvalue weighted by Gasteiger charge is 2.33. The Morgan fingerprint density at radius 3 is 2.05 bits per heavy atom. The second-order valence-electron chi connectivity index (χ2n) is 5.62. The largest absolute Gasteiger partial charge is 0.312 e. The number of benzene rings is 2. The Hall–Kier alpha value is -1.81. The number of rotatable bonds is 4. The summed E-state index contributed by atoms with van der Waals surface area (Å²) in [5.74, 6) is -1.28. The Morgan fingerprint density at radius 1 is 0.905 bits per heavy atom. The van der Waals surface area contributed by atoms with Gasteiger partial charge in [-0.3, -0.25) is 0 Å². The van der Waals surface area contributed by atoms with Crippen LogP contribution in [0.2, 0.25) is 0 Å². The number of hydrogen-bond donors (Lipinski definition) is 1. The van der Waals surface area contributed by atoms with Crippen LogP contribution >= 0.6 is 0 Å². The van der Waals surface area contributed by atoms with Gasteiger partial charge in [0.05, 0.1) is 0 Å². The van der Waals surface area contributed by atoms with Crippen molar-refractivity contribution < 1.29 is 13.2 Å². The molecule has 0 saturated carbocycles. The van der Waals surface area contributed by atoms with Crippen molar-refractivity contribution in [3.63, 3.8) is 0 Å². The highest BCUT2D eigenvalue weighted by molar-refractivity contribution is 5.33. The molecular weight excluding hydrogens is 275 g/mol. The Morgan fingerprint density at radius 2 is 1.48 bits per heavy atom. The highest BCUT2D eigenvalue weighted by atomic mass is 19.1. The van der Waals surface area contributed by atoms with Crippen molar-refractivity contribution in [3.8, 4) is 0 Å². The van der Waals surface area contributed by atoms with Gasteiger partial charge in [-0.25, -0.2) is 13.2 Å². The fourth-order valence-electron chi connectivity index (χ4n) is 2.69. The number of likely N-dealkylation sites (N-methyl/N-ethyl adjacent to an activating group) is 1. The molecule has 1 atom stereocenters. The standard InChI is InChI=1S/C17H18F3N/c1-17(2,11-4-6-12(18)7-5-11)16(21-3)14-10-13(19)8-9-15(14)20/h4-10,16,21H,1-3H3. The monoisotopic (exact) mass is 293 g/mol. The van der Waals surface area contributed by atoms with Crippen LogP contribution in [0.4, 0.5) is 13.2 Å². The van der Waals surface area contributed by atoms with Gasteiger partial charge < -0.3 is 5.32 Å². The van der Waals surface area contributed by atoms with Crippen molar-refractivity contribution in [2.45, 2.75) is 25.3 Å². The number of hydrogen-bond acceptors (Lipinski definition) is 1. The van der Waals surface area contributed by atoms with E-state index in [1.165, 1.54) is 18.2 Å². The summed E-state index contributed by atoms with van der Waals surface area (Å²) in [5.41, 5.74) is 0.551. The van der Waals surface area contributed by atoms with Crippen molar-refractivity contribution in [2.24, 2.45) is 0 Å². The zero-order valence-corrected chi connectivity index (χ0v) is 12.3. The molecule has 1 nitrogen and oxygen atoms in total. The van der Waals surface area contributed by atoms with Gasteiger partial charge in [0, 0.05) is 17.0 Å². The third kappa shape index (κ3) is 3.10. The molecule has 21 heavy (non-hydrogen) atoms. The van der Waals surface area contributed by atoms with Crippen LogP contribution in [0.5, 0.6) is 0 Å². The maximum absolute atomic E-state index is 14.1. The van der Waals surface area contributed by atoms with Gasteiger partial charge in [-0.15, -0.1) is 0 Å². The molecule has 0 spiro atoms. The van der Waals surface area contributed by atoms with Crippen LogP contribution in [0.15, 0.2) is 42.5 Å². The van der Waals surface area contributed by atoms with Crippen LogP contribution in [0, 0.1) is 17.5 Å². The molecule has 0 heterocycles. The van der Waals surface area contributed by atoms with E-state index in [0.29, 0.717) is 0 Å². The van der Waals surface area contributed by atoms with Crippen molar-refractivity contribution in [3.05, 3.63) is 71.0 Å². The lowest BCUT2D eigenvalue weighted by atomic mass is 9.75. The smallest absolute Gasteiger partial charge is 0.128 e. The van der Waals surface area contributed by atoms with E-state index in [1.54, 1.807) is 19.2 Å². The van der Waals surface area contributed by atoms with Crippen LogP contribution in [0.1, 0.15) is 31.0 Å². The first-order valence-electron chi connectivity index (χ1n) is 6.74. The van der Waals surface area contributed by atoms with Gasteiger partial charge in [0.15, 0.2) is 0 Å². The molecule has 0 saturated heterocycles. The third-order valence-electron chi connectivity index (χ3n) is 3.87. The minimum Gasteiger partial charge on any atom is -0.312 e. The van der Waals surface area contributed by atoms with Crippen molar-refractivity contribution >= 4 is 0 Å². The van der Waals surface area contributed by atoms with Gasteiger partial charge >= 0.3 is 0 Å². The number of nitrogens with one attached hydrogen (secondary N) is 1. The molecule has 1 N–H and O–H groups in total.